The van der Waals surface area contributed by atoms with Gasteiger partial charge in [0, 0.05) is 44.1 Å². The van der Waals surface area contributed by atoms with Gasteiger partial charge in [-0.25, -0.2) is 0 Å². The normalized spacial score (nSPS) is 11.3. The van der Waals surface area contributed by atoms with E-state index >= 15 is 0 Å². The predicted molar refractivity (Wildman–Crippen MR) is 69.2 cm³/mol. The van der Waals surface area contributed by atoms with Crippen molar-refractivity contribution in [1.82, 2.24) is 4.57 Å². The van der Waals surface area contributed by atoms with Crippen molar-refractivity contribution in [3.05, 3.63) is 30.5 Å². The van der Waals surface area contributed by atoms with E-state index in [0.29, 0.717) is 6.54 Å². The Bertz CT molecular complexity index is 489. The number of aryl methyl sites for hydroxylation is 1. The summed E-state index contributed by atoms with van der Waals surface area (Å²) >= 11 is 0. The van der Waals surface area contributed by atoms with Gasteiger partial charge < -0.3 is 19.4 Å². The highest BCUT2D eigenvalue weighted by molar-refractivity contribution is 5.83. The largest absolute Gasteiger partial charge is 0.380 e. The van der Waals surface area contributed by atoms with Gasteiger partial charge >= 0.3 is 0 Å². The van der Waals surface area contributed by atoms with E-state index in [1.165, 1.54) is 10.9 Å². The molecule has 1 aromatic heterocycles. The van der Waals surface area contributed by atoms with Crippen LogP contribution in [-0.4, -0.2) is 31.6 Å². The van der Waals surface area contributed by atoms with Crippen molar-refractivity contribution in [1.29, 1.82) is 0 Å². The number of rotatable bonds is 5. The first-order chi connectivity index (χ1) is 8.24. The molecule has 0 fully saturated rings. The molecule has 92 valence electrons. The van der Waals surface area contributed by atoms with Gasteiger partial charge in [0.15, 0.2) is 6.29 Å². The molecule has 1 aromatic carbocycles. The summed E-state index contributed by atoms with van der Waals surface area (Å²) in [5.74, 6) is 0. The summed E-state index contributed by atoms with van der Waals surface area (Å²) in [6.07, 6.45) is 1.84. The van der Waals surface area contributed by atoms with E-state index in [2.05, 4.69) is 40.3 Å². The molecule has 2 rings (SSSR count). The summed E-state index contributed by atoms with van der Waals surface area (Å²) in [6, 6.07) is 8.39. The highest BCUT2D eigenvalue weighted by atomic mass is 16.7. The maximum absolute atomic E-state index is 5.12. The Morgan fingerprint density at radius 3 is 2.71 bits per heavy atom. The van der Waals surface area contributed by atoms with Gasteiger partial charge in [0.2, 0.25) is 0 Å². The lowest BCUT2D eigenvalue weighted by Crippen LogP contribution is -2.23. The van der Waals surface area contributed by atoms with Crippen LogP contribution in [0.3, 0.4) is 0 Å². The number of ether oxygens (including phenoxy) is 2. The molecule has 1 heterocycles. The lowest BCUT2D eigenvalue weighted by atomic mass is 10.2. The summed E-state index contributed by atoms with van der Waals surface area (Å²) in [5.41, 5.74) is 2.30. The van der Waals surface area contributed by atoms with Gasteiger partial charge in [-0.15, -0.1) is 0 Å². The van der Waals surface area contributed by atoms with E-state index < -0.39 is 0 Å². The molecule has 0 spiro atoms. The van der Waals surface area contributed by atoms with Crippen molar-refractivity contribution in [2.75, 3.05) is 26.1 Å². The zero-order valence-corrected chi connectivity index (χ0v) is 10.4. The lowest BCUT2D eigenvalue weighted by Gasteiger charge is -2.15. The maximum Gasteiger partial charge on any atom is 0.173 e. The number of benzene rings is 1. The fourth-order valence-corrected chi connectivity index (χ4v) is 1.86. The van der Waals surface area contributed by atoms with Crippen LogP contribution in [0.2, 0.25) is 0 Å². The number of nitrogens with zero attached hydrogens (tertiary/aromatic N) is 1. The molecule has 0 unspecified atom stereocenters. The Labute approximate surface area is 101 Å². The van der Waals surface area contributed by atoms with Gasteiger partial charge in [-0.2, -0.15) is 0 Å². The van der Waals surface area contributed by atoms with Crippen LogP contribution in [0.25, 0.3) is 10.9 Å². The molecular weight excluding hydrogens is 216 g/mol. The summed E-state index contributed by atoms with van der Waals surface area (Å²) < 4.78 is 12.4. The highest BCUT2D eigenvalue weighted by Gasteiger charge is 2.05. The minimum Gasteiger partial charge on any atom is -0.380 e. The number of hydrogen-bond donors (Lipinski definition) is 1. The predicted octanol–water partition coefficient (Wildman–Crippen LogP) is 2.21. The second kappa shape index (κ2) is 5.21. The quantitative estimate of drug-likeness (QED) is 0.806. The number of fused-ring (bicyclic) bond motifs is 1. The molecule has 0 radical (unpaired) electrons. The van der Waals surface area contributed by atoms with Crippen LogP contribution < -0.4 is 5.32 Å². The van der Waals surface area contributed by atoms with Gasteiger partial charge in [-0.1, -0.05) is 0 Å². The fraction of sp³-hybridized carbons (Fsp3) is 0.385. The van der Waals surface area contributed by atoms with Crippen LogP contribution in [-0.2, 0) is 16.5 Å². The summed E-state index contributed by atoms with van der Waals surface area (Å²) in [6.45, 7) is 0.630. The number of nitrogens with one attached hydrogen (secondary N) is 1. The molecule has 1 N–H and O–H groups in total. The van der Waals surface area contributed by atoms with Gasteiger partial charge in [0.25, 0.3) is 0 Å². The number of anilines is 1. The Balaban J connectivity index is 2.09. The van der Waals surface area contributed by atoms with Crippen LogP contribution >= 0.6 is 0 Å². The van der Waals surface area contributed by atoms with Crippen molar-refractivity contribution in [2.45, 2.75) is 6.29 Å². The lowest BCUT2D eigenvalue weighted by molar-refractivity contribution is -0.0914. The summed E-state index contributed by atoms with van der Waals surface area (Å²) in [7, 11) is 5.31. The van der Waals surface area contributed by atoms with Crippen LogP contribution in [0.5, 0.6) is 0 Å². The fourth-order valence-electron chi connectivity index (χ4n) is 1.86. The third kappa shape index (κ3) is 2.60. The van der Waals surface area contributed by atoms with Crippen molar-refractivity contribution >= 4 is 16.6 Å². The number of methoxy groups -OCH3 is 2. The second-order valence-electron chi connectivity index (χ2n) is 3.98. The molecule has 0 bridgehead atoms. The molecule has 0 saturated carbocycles. The van der Waals surface area contributed by atoms with Crippen molar-refractivity contribution in [2.24, 2.45) is 7.05 Å². The number of hydrogen-bond acceptors (Lipinski definition) is 3. The van der Waals surface area contributed by atoms with E-state index in [0.717, 1.165) is 5.69 Å². The molecule has 17 heavy (non-hydrogen) atoms. The highest BCUT2D eigenvalue weighted by Crippen LogP contribution is 2.19. The van der Waals surface area contributed by atoms with E-state index in [4.69, 9.17) is 9.47 Å². The minimum atomic E-state index is -0.221. The third-order valence-electron chi connectivity index (χ3n) is 2.88. The van der Waals surface area contributed by atoms with E-state index in [1.54, 1.807) is 14.2 Å². The van der Waals surface area contributed by atoms with Gasteiger partial charge in [-0.05, 0) is 24.3 Å². The SMILES string of the molecule is COC(CNc1ccc2c(ccn2C)c1)OC. The third-order valence-corrected chi connectivity index (χ3v) is 2.88. The molecule has 4 nitrogen and oxygen atoms in total. The average molecular weight is 234 g/mol. The molecule has 4 heteroatoms. The molecule has 2 aromatic rings. The molecule has 0 aliphatic carbocycles. The van der Waals surface area contributed by atoms with Crippen LogP contribution in [0.15, 0.2) is 30.5 Å². The van der Waals surface area contributed by atoms with E-state index in [9.17, 15) is 0 Å². The average Bonchev–Trinajstić information content (AvgIpc) is 2.72. The maximum atomic E-state index is 5.12. The molecule has 0 aliphatic heterocycles. The Hall–Kier alpha value is -1.52. The van der Waals surface area contributed by atoms with Crippen molar-refractivity contribution in [3.63, 3.8) is 0 Å². The van der Waals surface area contributed by atoms with Crippen LogP contribution in [0, 0.1) is 0 Å². The molecule has 0 saturated heterocycles. The Kier molecular flexibility index (Phi) is 3.66. The molecule has 0 aliphatic rings. The van der Waals surface area contributed by atoms with Crippen LogP contribution in [0.1, 0.15) is 0 Å². The van der Waals surface area contributed by atoms with Crippen molar-refractivity contribution in [3.8, 4) is 0 Å². The smallest absolute Gasteiger partial charge is 0.173 e. The monoisotopic (exact) mass is 234 g/mol. The zero-order chi connectivity index (χ0) is 12.3. The van der Waals surface area contributed by atoms with Crippen molar-refractivity contribution < 1.29 is 9.47 Å². The molecular formula is C13H18N2O2. The molecule has 0 amide bonds. The van der Waals surface area contributed by atoms with Gasteiger partial charge in [0.1, 0.15) is 0 Å². The molecule has 0 atom stereocenters. The first-order valence-electron chi connectivity index (χ1n) is 5.59. The van der Waals surface area contributed by atoms with Crippen LogP contribution in [0.4, 0.5) is 5.69 Å². The first-order valence-corrected chi connectivity index (χ1v) is 5.59. The summed E-state index contributed by atoms with van der Waals surface area (Å²) in [4.78, 5) is 0. The second-order valence-corrected chi connectivity index (χ2v) is 3.98. The number of aromatic nitrogens is 1. The van der Waals surface area contributed by atoms with Gasteiger partial charge in [-0.3, -0.25) is 0 Å². The Morgan fingerprint density at radius 1 is 1.24 bits per heavy atom. The van der Waals surface area contributed by atoms with E-state index in [1.807, 2.05) is 7.05 Å². The summed E-state index contributed by atoms with van der Waals surface area (Å²) in [5, 5.41) is 4.51. The standard InChI is InChI=1S/C13H18N2O2/c1-15-7-6-10-8-11(4-5-12(10)15)14-9-13(16-2)17-3/h4-8,13-14H,9H2,1-3H3. The minimum absolute atomic E-state index is 0.221. The zero-order valence-electron chi connectivity index (χ0n) is 10.4. The van der Waals surface area contributed by atoms with Gasteiger partial charge in [0.05, 0.1) is 6.54 Å². The topological polar surface area (TPSA) is 35.4 Å². The Morgan fingerprint density at radius 2 is 2.00 bits per heavy atom. The van der Waals surface area contributed by atoms with E-state index in [-0.39, 0.29) is 6.29 Å². The first kappa shape index (κ1) is 12.0.